The molecule has 4 saturated carbocycles. The van der Waals surface area contributed by atoms with Crippen LogP contribution in [-0.2, 0) is 19.1 Å². The first kappa shape index (κ1) is 30.6. The lowest BCUT2D eigenvalue weighted by Crippen LogP contribution is -2.66. The van der Waals surface area contributed by atoms with E-state index in [0.29, 0.717) is 11.7 Å². The van der Waals surface area contributed by atoms with Crippen LogP contribution in [0.5, 0.6) is 0 Å². The minimum atomic E-state index is -0.483. The summed E-state index contributed by atoms with van der Waals surface area (Å²) in [6.07, 6.45) is 10.6. The zero-order valence-electron chi connectivity index (χ0n) is 27.8. The van der Waals surface area contributed by atoms with E-state index in [1.807, 2.05) is 30.3 Å². The number of nitrogens with one attached hydrogen (secondary N) is 1. The lowest BCUT2D eigenvalue weighted by molar-refractivity contribution is -0.210. The van der Waals surface area contributed by atoms with Gasteiger partial charge in [0.1, 0.15) is 6.10 Å². The molecule has 0 spiro atoms. The molecule has 0 aromatic heterocycles. The fraction of sp³-hybridized carbons (Fsp3) is 0.711. The third kappa shape index (κ3) is 4.33. The number of benzene rings is 1. The first-order chi connectivity index (χ1) is 20.0. The number of rotatable bonds is 3. The number of allylic oxidation sites excluding steroid dienone is 2. The van der Waals surface area contributed by atoms with E-state index in [1.165, 1.54) is 12.5 Å². The number of amides is 1. The standard InChI is InChI=1S/C38H53NO4/c1-24(40)43-30-15-16-36(6)29(33(30,2)3)14-17-38(8)31(36)28(41)22-26-27-23-35(5,32(42)39-25-12-10-9-11-13-25)19-18-34(27,4)20-21-37(26,38)7/h9-13,22,27,29-31H,14-21,23H2,1-8H3,(H,39,42)/t27-,29+,30+,31+,34-,35+,36+,37-,38+/m0/s1. The van der Waals surface area contributed by atoms with Gasteiger partial charge in [-0.3, -0.25) is 14.4 Å². The summed E-state index contributed by atoms with van der Waals surface area (Å²) in [5, 5.41) is 3.21. The first-order valence-electron chi connectivity index (χ1n) is 16.8. The minimum absolute atomic E-state index is 0.0502. The largest absolute Gasteiger partial charge is 0.462 e. The average molecular weight is 588 g/mol. The Kier molecular flexibility index (Phi) is 6.96. The molecule has 5 aliphatic carbocycles. The second kappa shape index (κ2) is 9.78. The summed E-state index contributed by atoms with van der Waals surface area (Å²) in [6.45, 7) is 17.9. The van der Waals surface area contributed by atoms with Gasteiger partial charge in [-0.25, -0.2) is 0 Å². The average Bonchev–Trinajstić information content (AvgIpc) is 2.93. The molecule has 0 saturated heterocycles. The van der Waals surface area contributed by atoms with Crippen molar-refractivity contribution in [1.82, 2.24) is 0 Å². The van der Waals surface area contributed by atoms with Crippen molar-refractivity contribution in [3.8, 4) is 0 Å². The maximum atomic E-state index is 14.6. The monoisotopic (exact) mass is 587 g/mol. The van der Waals surface area contributed by atoms with Crippen LogP contribution < -0.4 is 5.32 Å². The molecule has 0 bridgehead atoms. The van der Waals surface area contributed by atoms with Gasteiger partial charge in [0, 0.05) is 29.4 Å². The van der Waals surface area contributed by atoms with E-state index in [4.69, 9.17) is 4.74 Å². The Labute approximate surface area is 259 Å². The molecule has 4 fully saturated rings. The van der Waals surface area contributed by atoms with Crippen LogP contribution in [0.1, 0.15) is 113 Å². The van der Waals surface area contributed by atoms with E-state index in [1.54, 1.807) is 0 Å². The van der Waals surface area contributed by atoms with E-state index >= 15 is 0 Å². The van der Waals surface area contributed by atoms with E-state index in [9.17, 15) is 14.4 Å². The number of hydrogen-bond acceptors (Lipinski definition) is 4. The molecule has 0 radical (unpaired) electrons. The summed E-state index contributed by atoms with van der Waals surface area (Å²) >= 11 is 0. The highest BCUT2D eigenvalue weighted by molar-refractivity contribution is 5.96. The number of fused-ring (bicyclic) bond motifs is 7. The number of anilines is 1. The summed E-state index contributed by atoms with van der Waals surface area (Å²) in [5.41, 5.74) is 1.22. The smallest absolute Gasteiger partial charge is 0.302 e. The Morgan fingerprint density at radius 1 is 0.860 bits per heavy atom. The van der Waals surface area contributed by atoms with Gasteiger partial charge in [-0.1, -0.05) is 72.2 Å². The summed E-state index contributed by atoms with van der Waals surface area (Å²) in [5.74, 6) is 0.667. The molecule has 0 aliphatic heterocycles. The number of hydrogen-bond donors (Lipinski definition) is 1. The van der Waals surface area contributed by atoms with Crippen molar-refractivity contribution in [3.63, 3.8) is 0 Å². The normalized spacial score (nSPS) is 44.9. The molecule has 0 heterocycles. The van der Waals surface area contributed by atoms with Gasteiger partial charge in [-0.15, -0.1) is 0 Å². The number of ketones is 1. The summed E-state index contributed by atoms with van der Waals surface area (Å²) in [7, 11) is 0. The minimum Gasteiger partial charge on any atom is -0.462 e. The molecule has 43 heavy (non-hydrogen) atoms. The summed E-state index contributed by atoms with van der Waals surface area (Å²) < 4.78 is 5.87. The summed E-state index contributed by atoms with van der Waals surface area (Å²) in [4.78, 5) is 40.4. The van der Waals surface area contributed by atoms with Crippen LogP contribution in [0, 0.1) is 50.2 Å². The molecule has 1 aromatic rings. The van der Waals surface area contributed by atoms with Crippen LogP contribution >= 0.6 is 0 Å². The van der Waals surface area contributed by atoms with Crippen molar-refractivity contribution in [1.29, 1.82) is 0 Å². The molecule has 5 heteroatoms. The third-order valence-corrected chi connectivity index (χ3v) is 14.4. The Morgan fingerprint density at radius 3 is 2.21 bits per heavy atom. The van der Waals surface area contributed by atoms with E-state index < -0.39 is 5.41 Å². The number of ether oxygens (including phenoxy) is 1. The number of carbonyl (C=O) groups is 3. The topological polar surface area (TPSA) is 72.5 Å². The Balaban J connectivity index is 1.36. The number of para-hydroxylation sites is 1. The van der Waals surface area contributed by atoms with Gasteiger partial charge in [0.2, 0.25) is 5.91 Å². The van der Waals surface area contributed by atoms with Crippen LogP contribution in [0.25, 0.3) is 0 Å². The zero-order valence-corrected chi connectivity index (χ0v) is 27.8. The van der Waals surface area contributed by atoms with Gasteiger partial charge in [0.05, 0.1) is 0 Å². The van der Waals surface area contributed by atoms with Gasteiger partial charge < -0.3 is 10.1 Å². The number of esters is 1. The molecule has 6 rings (SSSR count). The van der Waals surface area contributed by atoms with Gasteiger partial charge in [-0.05, 0) is 109 Å². The van der Waals surface area contributed by atoms with Crippen LogP contribution in [-0.4, -0.2) is 23.8 Å². The predicted molar refractivity (Wildman–Crippen MR) is 170 cm³/mol. The summed E-state index contributed by atoms with van der Waals surface area (Å²) in [6, 6.07) is 9.78. The van der Waals surface area contributed by atoms with Crippen molar-refractivity contribution < 1.29 is 19.1 Å². The van der Waals surface area contributed by atoms with E-state index in [2.05, 4.69) is 59.9 Å². The van der Waals surface area contributed by atoms with E-state index in [0.717, 1.165) is 63.5 Å². The van der Waals surface area contributed by atoms with Gasteiger partial charge in [-0.2, -0.15) is 0 Å². The Morgan fingerprint density at radius 2 is 1.53 bits per heavy atom. The third-order valence-electron chi connectivity index (χ3n) is 14.4. The molecule has 1 amide bonds. The van der Waals surface area contributed by atoms with Crippen LogP contribution in [0.15, 0.2) is 42.0 Å². The van der Waals surface area contributed by atoms with Crippen molar-refractivity contribution in [2.24, 2.45) is 50.2 Å². The van der Waals surface area contributed by atoms with Gasteiger partial charge >= 0.3 is 5.97 Å². The first-order valence-corrected chi connectivity index (χ1v) is 16.8. The van der Waals surface area contributed by atoms with Crippen molar-refractivity contribution >= 4 is 23.3 Å². The quantitative estimate of drug-likeness (QED) is 0.360. The molecule has 234 valence electrons. The molecular formula is C38H53NO4. The zero-order chi connectivity index (χ0) is 31.2. The molecule has 9 atom stereocenters. The highest BCUT2D eigenvalue weighted by Gasteiger charge is 2.70. The van der Waals surface area contributed by atoms with Crippen LogP contribution in [0.4, 0.5) is 5.69 Å². The molecule has 5 nitrogen and oxygen atoms in total. The predicted octanol–water partition coefficient (Wildman–Crippen LogP) is 8.54. The van der Waals surface area contributed by atoms with Crippen molar-refractivity contribution in [2.45, 2.75) is 119 Å². The molecule has 1 aromatic carbocycles. The lowest BCUT2D eigenvalue weighted by atomic mass is 9.33. The Bertz CT molecular complexity index is 1360. The molecule has 1 N–H and O–H groups in total. The maximum absolute atomic E-state index is 14.6. The van der Waals surface area contributed by atoms with Crippen LogP contribution in [0.3, 0.4) is 0 Å². The fourth-order valence-corrected chi connectivity index (χ4v) is 11.6. The van der Waals surface area contributed by atoms with Crippen LogP contribution in [0.2, 0.25) is 0 Å². The van der Waals surface area contributed by atoms with Crippen molar-refractivity contribution in [3.05, 3.63) is 42.0 Å². The van der Waals surface area contributed by atoms with Crippen molar-refractivity contribution in [2.75, 3.05) is 5.32 Å². The second-order valence-corrected chi connectivity index (χ2v) is 17.0. The van der Waals surface area contributed by atoms with Gasteiger partial charge in [0.15, 0.2) is 5.78 Å². The highest BCUT2D eigenvalue weighted by atomic mass is 16.5. The fourth-order valence-electron chi connectivity index (χ4n) is 11.6. The highest BCUT2D eigenvalue weighted by Crippen LogP contribution is 2.75. The molecular weight excluding hydrogens is 534 g/mol. The molecule has 0 unspecified atom stereocenters. The molecule has 5 aliphatic rings. The lowest BCUT2D eigenvalue weighted by Gasteiger charge is -2.70. The maximum Gasteiger partial charge on any atom is 0.302 e. The van der Waals surface area contributed by atoms with E-state index in [-0.39, 0.29) is 56.9 Å². The second-order valence-electron chi connectivity index (χ2n) is 17.0. The Hall–Kier alpha value is -2.43. The SMILES string of the molecule is CC(=O)O[C@@H]1CC[C@]2(C)[C@H](CC[C@]3(C)[C@@H]2C(=O)C=C2[C@@H]4C[C@](C)(C(=O)Nc5ccccc5)CC[C@@]4(C)CC[C@@]23C)C1(C)C. The van der Waals surface area contributed by atoms with Gasteiger partial charge in [0.25, 0.3) is 0 Å². The number of carbonyl (C=O) groups excluding carboxylic acids is 3.